The van der Waals surface area contributed by atoms with Crippen LogP contribution in [0.2, 0.25) is 0 Å². The fourth-order valence-electron chi connectivity index (χ4n) is 3.57. The number of nitrogens with zero attached hydrogens (tertiary/aromatic N) is 2. The van der Waals surface area contributed by atoms with Crippen LogP contribution in [0.4, 0.5) is 0 Å². The van der Waals surface area contributed by atoms with Crippen LogP contribution >= 0.6 is 0 Å². The lowest BCUT2D eigenvalue weighted by atomic mass is 9.85. The number of guanidine groups is 1. The molecule has 1 amide bonds. The van der Waals surface area contributed by atoms with Crippen LogP contribution in [0, 0.1) is 5.41 Å². The number of carbonyl (C=O) groups is 1. The molecule has 1 aromatic carbocycles. The summed E-state index contributed by atoms with van der Waals surface area (Å²) in [6, 6.07) is 7.54. The minimum Gasteiger partial charge on any atom is -0.497 e. The van der Waals surface area contributed by atoms with Gasteiger partial charge < -0.3 is 25.0 Å². The zero-order chi connectivity index (χ0) is 20.4. The molecule has 0 aliphatic heterocycles. The number of hydrogen-bond acceptors (Lipinski definition) is 4. The lowest BCUT2D eigenvalue weighted by molar-refractivity contribution is -0.138. The third-order valence-electron chi connectivity index (χ3n) is 5.01. The molecular formula is C21H34N4O3. The van der Waals surface area contributed by atoms with E-state index in [1.807, 2.05) is 45.3 Å². The number of nitrogens with one attached hydrogen (secondary N) is 2. The van der Waals surface area contributed by atoms with Gasteiger partial charge in [-0.1, -0.05) is 18.9 Å². The smallest absolute Gasteiger partial charge is 0.230 e. The second-order valence-corrected chi connectivity index (χ2v) is 7.34. The second kappa shape index (κ2) is 10.8. The van der Waals surface area contributed by atoms with E-state index >= 15 is 0 Å². The summed E-state index contributed by atoms with van der Waals surface area (Å²) < 4.78 is 11.0. The normalized spacial score (nSPS) is 15.8. The van der Waals surface area contributed by atoms with E-state index in [1.165, 1.54) is 0 Å². The van der Waals surface area contributed by atoms with Gasteiger partial charge in [-0.2, -0.15) is 0 Å². The molecule has 1 saturated carbocycles. The highest BCUT2D eigenvalue weighted by molar-refractivity contribution is 5.84. The Kier molecular flexibility index (Phi) is 8.42. The second-order valence-electron chi connectivity index (χ2n) is 7.34. The number of hydrogen-bond donors (Lipinski definition) is 2. The summed E-state index contributed by atoms with van der Waals surface area (Å²) in [7, 11) is 5.29. The van der Waals surface area contributed by atoms with Crippen molar-refractivity contribution in [1.82, 2.24) is 15.5 Å². The third-order valence-corrected chi connectivity index (χ3v) is 5.01. The van der Waals surface area contributed by atoms with Crippen LogP contribution in [0.3, 0.4) is 0 Å². The molecule has 0 aromatic heterocycles. The van der Waals surface area contributed by atoms with Gasteiger partial charge in [0.2, 0.25) is 5.91 Å². The standard InChI is InChI=1S/C21H34N4O3/c1-5-22-20(23-13-14-28-18-10-8-9-17(15-18)27-4)24-16-21(11-6-7-12-21)19(26)25(2)3/h8-10,15H,5-7,11-14,16H2,1-4H3,(H2,22,23,24). The van der Waals surface area contributed by atoms with Gasteiger partial charge in [0.15, 0.2) is 5.96 Å². The Bertz CT molecular complexity index is 655. The molecule has 28 heavy (non-hydrogen) atoms. The third kappa shape index (κ3) is 6.04. The van der Waals surface area contributed by atoms with Gasteiger partial charge >= 0.3 is 0 Å². The zero-order valence-electron chi connectivity index (χ0n) is 17.6. The average molecular weight is 391 g/mol. The van der Waals surface area contributed by atoms with Crippen molar-refractivity contribution in [2.75, 3.05) is 47.4 Å². The minimum absolute atomic E-state index is 0.186. The fraction of sp³-hybridized carbons (Fsp3) is 0.619. The summed E-state index contributed by atoms with van der Waals surface area (Å²) in [5.74, 6) is 2.44. The number of amides is 1. The number of aliphatic imine (C=N–C) groups is 1. The van der Waals surface area contributed by atoms with Crippen LogP contribution in [0.5, 0.6) is 11.5 Å². The van der Waals surface area contributed by atoms with Crippen LogP contribution in [-0.4, -0.2) is 64.2 Å². The monoisotopic (exact) mass is 390 g/mol. The number of carbonyl (C=O) groups excluding carboxylic acids is 1. The van der Waals surface area contributed by atoms with Crippen molar-refractivity contribution >= 4 is 11.9 Å². The van der Waals surface area contributed by atoms with Crippen molar-refractivity contribution in [3.8, 4) is 11.5 Å². The molecule has 0 saturated heterocycles. The van der Waals surface area contributed by atoms with Crippen molar-refractivity contribution < 1.29 is 14.3 Å². The van der Waals surface area contributed by atoms with Gasteiger partial charge in [-0.15, -0.1) is 0 Å². The Morgan fingerprint density at radius 2 is 1.93 bits per heavy atom. The van der Waals surface area contributed by atoms with Crippen molar-refractivity contribution in [2.45, 2.75) is 32.6 Å². The summed E-state index contributed by atoms with van der Waals surface area (Å²) in [5, 5.41) is 6.53. The van der Waals surface area contributed by atoms with Crippen LogP contribution in [-0.2, 0) is 4.79 Å². The van der Waals surface area contributed by atoms with E-state index in [0.717, 1.165) is 49.7 Å². The quantitative estimate of drug-likeness (QED) is 0.384. The number of methoxy groups -OCH3 is 1. The highest BCUT2D eigenvalue weighted by Gasteiger charge is 2.42. The lowest BCUT2D eigenvalue weighted by Crippen LogP contribution is -2.43. The first-order valence-corrected chi connectivity index (χ1v) is 10.0. The Balaban J connectivity index is 1.89. The fourth-order valence-corrected chi connectivity index (χ4v) is 3.57. The van der Waals surface area contributed by atoms with E-state index in [0.29, 0.717) is 19.7 Å². The lowest BCUT2D eigenvalue weighted by Gasteiger charge is -2.29. The maximum Gasteiger partial charge on any atom is 0.230 e. The predicted octanol–water partition coefficient (Wildman–Crippen LogP) is 2.28. The number of benzene rings is 1. The van der Waals surface area contributed by atoms with Gasteiger partial charge in [0.1, 0.15) is 18.1 Å². The Morgan fingerprint density at radius 1 is 1.21 bits per heavy atom. The summed E-state index contributed by atoms with van der Waals surface area (Å²) in [4.78, 5) is 19.1. The first kappa shape index (κ1) is 21.9. The Labute approximate surface area is 168 Å². The first-order chi connectivity index (χ1) is 13.5. The van der Waals surface area contributed by atoms with Crippen molar-refractivity contribution in [2.24, 2.45) is 10.4 Å². The number of rotatable bonds is 9. The van der Waals surface area contributed by atoms with E-state index in [4.69, 9.17) is 14.5 Å². The van der Waals surface area contributed by atoms with E-state index in [2.05, 4.69) is 10.6 Å². The van der Waals surface area contributed by atoms with Crippen LogP contribution in [0.15, 0.2) is 29.3 Å². The molecule has 0 bridgehead atoms. The van der Waals surface area contributed by atoms with Crippen molar-refractivity contribution in [1.29, 1.82) is 0 Å². The zero-order valence-corrected chi connectivity index (χ0v) is 17.6. The molecular weight excluding hydrogens is 356 g/mol. The summed E-state index contributed by atoms with van der Waals surface area (Å²) in [6.45, 7) is 4.41. The van der Waals surface area contributed by atoms with Crippen LogP contribution in [0.1, 0.15) is 32.6 Å². The van der Waals surface area contributed by atoms with Crippen molar-refractivity contribution in [3.63, 3.8) is 0 Å². The molecule has 156 valence electrons. The van der Waals surface area contributed by atoms with Crippen LogP contribution in [0.25, 0.3) is 0 Å². The SMILES string of the molecule is CCNC(=NCC1(C(=O)N(C)C)CCCC1)NCCOc1cccc(OC)c1. The van der Waals surface area contributed by atoms with Crippen molar-refractivity contribution in [3.05, 3.63) is 24.3 Å². The van der Waals surface area contributed by atoms with Gasteiger partial charge in [-0.25, -0.2) is 0 Å². The Morgan fingerprint density at radius 3 is 2.57 bits per heavy atom. The van der Waals surface area contributed by atoms with Gasteiger partial charge in [-0.3, -0.25) is 9.79 Å². The Hall–Kier alpha value is -2.44. The largest absolute Gasteiger partial charge is 0.497 e. The van der Waals surface area contributed by atoms with Gasteiger partial charge in [0.25, 0.3) is 0 Å². The van der Waals surface area contributed by atoms with E-state index in [-0.39, 0.29) is 11.3 Å². The molecule has 2 N–H and O–H groups in total. The summed E-state index contributed by atoms with van der Waals surface area (Å²) in [5.41, 5.74) is -0.358. The minimum atomic E-state index is -0.358. The maximum atomic E-state index is 12.7. The molecule has 1 aliphatic rings. The van der Waals surface area contributed by atoms with Gasteiger partial charge in [0, 0.05) is 26.7 Å². The molecule has 1 aliphatic carbocycles. The number of ether oxygens (including phenoxy) is 2. The predicted molar refractivity (Wildman–Crippen MR) is 112 cm³/mol. The molecule has 7 nitrogen and oxygen atoms in total. The topological polar surface area (TPSA) is 75.2 Å². The molecule has 0 radical (unpaired) electrons. The first-order valence-electron chi connectivity index (χ1n) is 10.0. The molecule has 0 unspecified atom stereocenters. The molecule has 2 rings (SSSR count). The van der Waals surface area contributed by atoms with E-state index in [9.17, 15) is 4.79 Å². The van der Waals surface area contributed by atoms with Gasteiger partial charge in [0.05, 0.1) is 25.6 Å². The molecule has 7 heteroatoms. The molecule has 1 aromatic rings. The molecule has 0 heterocycles. The van der Waals surface area contributed by atoms with Crippen LogP contribution < -0.4 is 20.1 Å². The molecule has 1 fully saturated rings. The molecule has 0 spiro atoms. The highest BCUT2D eigenvalue weighted by Crippen LogP contribution is 2.39. The van der Waals surface area contributed by atoms with E-state index in [1.54, 1.807) is 12.0 Å². The molecule has 0 atom stereocenters. The summed E-state index contributed by atoms with van der Waals surface area (Å²) in [6.07, 6.45) is 4.00. The maximum absolute atomic E-state index is 12.7. The summed E-state index contributed by atoms with van der Waals surface area (Å²) >= 11 is 0. The van der Waals surface area contributed by atoms with E-state index < -0.39 is 0 Å². The average Bonchev–Trinajstić information content (AvgIpc) is 3.18. The highest BCUT2D eigenvalue weighted by atomic mass is 16.5. The van der Waals surface area contributed by atoms with Gasteiger partial charge in [-0.05, 0) is 31.9 Å².